The first kappa shape index (κ1) is 11.9. The molecule has 1 aromatic rings. The molecule has 0 aliphatic rings. The molecule has 0 bridgehead atoms. The van der Waals surface area contributed by atoms with Crippen LogP contribution in [0.4, 0.5) is 0 Å². The minimum atomic E-state index is -0.0501. The van der Waals surface area contributed by atoms with E-state index in [0.717, 1.165) is 16.3 Å². The van der Waals surface area contributed by atoms with Crippen molar-refractivity contribution in [1.82, 2.24) is 5.32 Å². The van der Waals surface area contributed by atoms with E-state index in [1.54, 1.807) is 6.07 Å². The number of nitrogens with one attached hydrogen (secondary N) is 1. The fourth-order valence-corrected chi connectivity index (χ4v) is 1.22. The third-order valence-corrected chi connectivity index (χ3v) is 2.30. The van der Waals surface area contributed by atoms with E-state index in [1.807, 2.05) is 19.1 Å². The van der Waals surface area contributed by atoms with Gasteiger partial charge >= 0.3 is 0 Å². The highest BCUT2D eigenvalue weighted by Gasteiger charge is 1.98. The molecule has 4 heteroatoms. The number of amides is 1. The van der Waals surface area contributed by atoms with Crippen molar-refractivity contribution in [2.45, 2.75) is 13.8 Å². The number of rotatable bonds is 4. The van der Waals surface area contributed by atoms with Crippen LogP contribution in [-0.4, -0.2) is 19.1 Å². The minimum absolute atomic E-state index is 0.0501. The van der Waals surface area contributed by atoms with Gasteiger partial charge < -0.3 is 10.1 Å². The zero-order valence-corrected chi connectivity index (χ0v) is 9.60. The van der Waals surface area contributed by atoms with Crippen LogP contribution in [0.5, 0.6) is 5.75 Å². The lowest BCUT2D eigenvalue weighted by Gasteiger charge is -2.07. The molecule has 1 N–H and O–H groups in total. The molecule has 0 aromatic heterocycles. The number of halogens is 1. The number of carbonyl (C=O) groups is 1. The van der Waals surface area contributed by atoms with Gasteiger partial charge in [-0.15, -0.1) is 0 Å². The van der Waals surface area contributed by atoms with Gasteiger partial charge in [0, 0.05) is 11.9 Å². The summed E-state index contributed by atoms with van der Waals surface area (Å²) in [6.07, 6.45) is 0. The number of benzene rings is 1. The first-order chi connectivity index (χ1) is 7.09. The number of hydrogen-bond acceptors (Lipinski definition) is 2. The van der Waals surface area contributed by atoms with Crippen LogP contribution in [-0.2, 0) is 4.79 Å². The lowest BCUT2D eigenvalue weighted by atomic mass is 10.2. The molecule has 1 amide bonds. The lowest BCUT2D eigenvalue weighted by Crippen LogP contribution is -2.25. The standard InChI is InChI=1S/C11H14ClNO2/c1-8-7-10(3-4-11(8)12)15-6-5-13-9(2)14/h3-4,7H,5-6H2,1-2H3,(H,13,14). The predicted molar refractivity (Wildman–Crippen MR) is 60.4 cm³/mol. The van der Waals surface area contributed by atoms with E-state index in [9.17, 15) is 4.79 Å². The summed E-state index contributed by atoms with van der Waals surface area (Å²) in [6.45, 7) is 4.37. The fourth-order valence-electron chi connectivity index (χ4n) is 1.10. The second-order valence-electron chi connectivity index (χ2n) is 3.24. The second kappa shape index (κ2) is 5.61. The van der Waals surface area contributed by atoms with Crippen LogP contribution in [0, 0.1) is 6.92 Å². The first-order valence-corrected chi connectivity index (χ1v) is 5.11. The quantitative estimate of drug-likeness (QED) is 0.801. The molecule has 0 atom stereocenters. The zero-order chi connectivity index (χ0) is 11.3. The summed E-state index contributed by atoms with van der Waals surface area (Å²) in [5.74, 6) is 0.716. The maximum absolute atomic E-state index is 10.6. The first-order valence-electron chi connectivity index (χ1n) is 4.73. The number of aryl methyl sites for hydroxylation is 1. The summed E-state index contributed by atoms with van der Waals surface area (Å²) in [6, 6.07) is 5.48. The average molecular weight is 228 g/mol. The molecule has 0 aliphatic carbocycles. The highest BCUT2D eigenvalue weighted by atomic mass is 35.5. The molecule has 0 aliphatic heterocycles. The number of carbonyl (C=O) groups excluding carboxylic acids is 1. The topological polar surface area (TPSA) is 38.3 Å². The van der Waals surface area contributed by atoms with Crippen molar-refractivity contribution in [1.29, 1.82) is 0 Å². The molecule has 0 unspecified atom stereocenters. The van der Waals surface area contributed by atoms with Crippen molar-refractivity contribution < 1.29 is 9.53 Å². The van der Waals surface area contributed by atoms with Crippen LogP contribution < -0.4 is 10.1 Å². The van der Waals surface area contributed by atoms with Crippen LogP contribution in [0.1, 0.15) is 12.5 Å². The van der Waals surface area contributed by atoms with E-state index in [4.69, 9.17) is 16.3 Å². The predicted octanol–water partition coefficient (Wildman–Crippen LogP) is 2.16. The maximum atomic E-state index is 10.6. The molecule has 3 nitrogen and oxygen atoms in total. The van der Waals surface area contributed by atoms with E-state index in [2.05, 4.69) is 5.32 Å². The Balaban J connectivity index is 2.38. The van der Waals surface area contributed by atoms with E-state index in [1.165, 1.54) is 6.92 Å². The summed E-state index contributed by atoms with van der Waals surface area (Å²) in [5.41, 5.74) is 0.980. The molecule has 0 spiro atoms. The Morgan fingerprint density at radius 1 is 1.53 bits per heavy atom. The van der Waals surface area contributed by atoms with Crippen molar-refractivity contribution in [3.05, 3.63) is 28.8 Å². The van der Waals surface area contributed by atoms with E-state index >= 15 is 0 Å². The molecular weight excluding hydrogens is 214 g/mol. The van der Waals surface area contributed by atoms with Crippen molar-refractivity contribution in [2.75, 3.05) is 13.2 Å². The van der Waals surface area contributed by atoms with Crippen LogP contribution in [0.3, 0.4) is 0 Å². The monoisotopic (exact) mass is 227 g/mol. The summed E-state index contributed by atoms with van der Waals surface area (Å²) in [7, 11) is 0. The molecule has 0 fully saturated rings. The number of hydrogen-bond donors (Lipinski definition) is 1. The Kier molecular flexibility index (Phi) is 4.43. The van der Waals surface area contributed by atoms with Gasteiger partial charge in [-0.25, -0.2) is 0 Å². The lowest BCUT2D eigenvalue weighted by molar-refractivity contribution is -0.119. The van der Waals surface area contributed by atoms with E-state index in [0.29, 0.717) is 13.2 Å². The molecule has 1 rings (SSSR count). The van der Waals surface area contributed by atoms with Gasteiger partial charge in [0.05, 0.1) is 6.54 Å². The van der Waals surface area contributed by atoms with Gasteiger partial charge in [0.2, 0.25) is 5.91 Å². The van der Waals surface area contributed by atoms with E-state index < -0.39 is 0 Å². The Labute approximate surface area is 94.4 Å². The van der Waals surface area contributed by atoms with Crippen molar-refractivity contribution in [2.24, 2.45) is 0 Å². The average Bonchev–Trinajstić information content (AvgIpc) is 2.18. The van der Waals surface area contributed by atoms with Crippen molar-refractivity contribution in [3.63, 3.8) is 0 Å². The van der Waals surface area contributed by atoms with Gasteiger partial charge in [-0.3, -0.25) is 4.79 Å². The van der Waals surface area contributed by atoms with Gasteiger partial charge in [-0.1, -0.05) is 11.6 Å². The molecule has 0 heterocycles. The van der Waals surface area contributed by atoms with Crippen molar-refractivity contribution >= 4 is 17.5 Å². The molecule has 1 aromatic carbocycles. The SMILES string of the molecule is CC(=O)NCCOc1ccc(Cl)c(C)c1. The third kappa shape index (κ3) is 4.21. The van der Waals surface area contributed by atoms with Gasteiger partial charge in [0.25, 0.3) is 0 Å². The minimum Gasteiger partial charge on any atom is -0.492 e. The summed E-state index contributed by atoms with van der Waals surface area (Å²) in [4.78, 5) is 10.6. The molecule has 0 radical (unpaired) electrons. The summed E-state index contributed by atoms with van der Waals surface area (Å²) >= 11 is 5.87. The highest BCUT2D eigenvalue weighted by molar-refractivity contribution is 6.31. The normalized spacial score (nSPS) is 9.80. The van der Waals surface area contributed by atoms with Crippen LogP contribution in [0.15, 0.2) is 18.2 Å². The smallest absolute Gasteiger partial charge is 0.216 e. The van der Waals surface area contributed by atoms with Crippen molar-refractivity contribution in [3.8, 4) is 5.75 Å². The maximum Gasteiger partial charge on any atom is 0.216 e. The Bertz CT molecular complexity index is 352. The Hall–Kier alpha value is -1.22. The van der Waals surface area contributed by atoms with E-state index in [-0.39, 0.29) is 5.91 Å². The third-order valence-electron chi connectivity index (χ3n) is 1.87. The van der Waals surface area contributed by atoms with Crippen LogP contribution >= 0.6 is 11.6 Å². The number of ether oxygens (including phenoxy) is 1. The van der Waals surface area contributed by atoms with Gasteiger partial charge in [-0.2, -0.15) is 0 Å². The van der Waals surface area contributed by atoms with Gasteiger partial charge in [-0.05, 0) is 30.7 Å². The fraction of sp³-hybridized carbons (Fsp3) is 0.364. The van der Waals surface area contributed by atoms with Crippen LogP contribution in [0.25, 0.3) is 0 Å². The largest absolute Gasteiger partial charge is 0.492 e. The summed E-state index contributed by atoms with van der Waals surface area (Å²) in [5, 5.41) is 3.38. The second-order valence-corrected chi connectivity index (χ2v) is 3.65. The Morgan fingerprint density at radius 3 is 2.87 bits per heavy atom. The molecule has 15 heavy (non-hydrogen) atoms. The zero-order valence-electron chi connectivity index (χ0n) is 8.84. The molecular formula is C11H14ClNO2. The molecule has 82 valence electrons. The summed E-state index contributed by atoms with van der Waals surface area (Å²) < 4.78 is 5.42. The molecule has 0 saturated carbocycles. The highest BCUT2D eigenvalue weighted by Crippen LogP contribution is 2.20. The Morgan fingerprint density at radius 2 is 2.27 bits per heavy atom. The molecule has 0 saturated heterocycles. The van der Waals surface area contributed by atoms with Gasteiger partial charge in [0.1, 0.15) is 12.4 Å². The van der Waals surface area contributed by atoms with Gasteiger partial charge in [0.15, 0.2) is 0 Å². The van der Waals surface area contributed by atoms with Crippen LogP contribution in [0.2, 0.25) is 5.02 Å².